The van der Waals surface area contributed by atoms with Crippen molar-refractivity contribution in [2.45, 2.75) is 52.4 Å². The Morgan fingerprint density at radius 1 is 1.11 bits per heavy atom. The van der Waals surface area contributed by atoms with Gasteiger partial charge >= 0.3 is 5.97 Å². The molecule has 0 saturated heterocycles. The van der Waals surface area contributed by atoms with Gasteiger partial charge in [0.05, 0.1) is 0 Å². The number of ether oxygens (including phenoxy) is 1. The first-order chi connectivity index (χ1) is 8.55. The van der Waals surface area contributed by atoms with Gasteiger partial charge in [-0.1, -0.05) is 60.3 Å². The third-order valence-electron chi connectivity index (χ3n) is 3.03. The van der Waals surface area contributed by atoms with E-state index in [0.717, 1.165) is 5.56 Å². The summed E-state index contributed by atoms with van der Waals surface area (Å²) in [5.74, 6) is 0.194. The molecule has 1 aromatic carbocycles. The topological polar surface area (TPSA) is 26.3 Å². The van der Waals surface area contributed by atoms with Crippen molar-refractivity contribution in [1.29, 1.82) is 0 Å². The van der Waals surface area contributed by atoms with Gasteiger partial charge in [-0.25, -0.2) is 4.79 Å². The normalized spacial score (nSPS) is 12.1. The van der Waals surface area contributed by atoms with Gasteiger partial charge in [-0.2, -0.15) is 0 Å². The SMILES string of the molecule is C=CC(=O)Oc1ccc(C(C)(C)C)cc1C(C)(C)C. The fourth-order valence-corrected chi connectivity index (χ4v) is 1.82. The zero-order chi connectivity index (χ0) is 14.8. The van der Waals surface area contributed by atoms with E-state index >= 15 is 0 Å². The number of benzene rings is 1. The molecule has 0 bridgehead atoms. The molecule has 0 unspecified atom stereocenters. The maximum Gasteiger partial charge on any atom is 0.335 e. The second-order valence-corrected chi connectivity index (χ2v) is 6.84. The van der Waals surface area contributed by atoms with Crippen molar-refractivity contribution in [1.82, 2.24) is 0 Å². The van der Waals surface area contributed by atoms with E-state index in [1.54, 1.807) is 0 Å². The summed E-state index contributed by atoms with van der Waals surface area (Å²) in [6, 6.07) is 6.02. The van der Waals surface area contributed by atoms with E-state index in [1.807, 2.05) is 12.1 Å². The van der Waals surface area contributed by atoms with Gasteiger partial charge in [0.2, 0.25) is 0 Å². The van der Waals surface area contributed by atoms with Crippen LogP contribution in [-0.4, -0.2) is 5.97 Å². The molecule has 1 rings (SSSR count). The number of rotatable bonds is 2. The molecule has 0 aromatic heterocycles. The molecule has 19 heavy (non-hydrogen) atoms. The summed E-state index contributed by atoms with van der Waals surface area (Å²) < 4.78 is 5.33. The van der Waals surface area contributed by atoms with Crippen molar-refractivity contribution in [3.63, 3.8) is 0 Å². The van der Waals surface area contributed by atoms with Gasteiger partial charge in [-0.3, -0.25) is 0 Å². The largest absolute Gasteiger partial charge is 0.423 e. The first-order valence-electron chi connectivity index (χ1n) is 6.55. The summed E-state index contributed by atoms with van der Waals surface area (Å²) in [7, 11) is 0. The number of carbonyl (C=O) groups excluding carboxylic acids is 1. The summed E-state index contributed by atoms with van der Waals surface area (Å²) in [5, 5.41) is 0. The van der Waals surface area contributed by atoms with Gasteiger partial charge in [-0.05, 0) is 22.5 Å². The van der Waals surface area contributed by atoms with Crippen LogP contribution in [0.1, 0.15) is 52.7 Å². The van der Waals surface area contributed by atoms with Gasteiger partial charge < -0.3 is 4.74 Å². The third kappa shape index (κ3) is 3.95. The first kappa shape index (κ1) is 15.5. The van der Waals surface area contributed by atoms with E-state index in [4.69, 9.17) is 4.74 Å². The minimum Gasteiger partial charge on any atom is -0.423 e. The standard InChI is InChI=1S/C17H24O2/c1-8-15(18)19-14-10-9-12(16(2,3)4)11-13(14)17(5,6)7/h8-11H,1H2,2-7H3. The zero-order valence-electron chi connectivity index (χ0n) is 12.8. The molecular formula is C17H24O2. The highest BCUT2D eigenvalue weighted by atomic mass is 16.5. The van der Waals surface area contributed by atoms with Gasteiger partial charge in [0.15, 0.2) is 0 Å². The minimum atomic E-state index is -0.422. The fraction of sp³-hybridized carbons (Fsp3) is 0.471. The van der Waals surface area contributed by atoms with Crippen LogP contribution in [0.3, 0.4) is 0 Å². The number of esters is 1. The maximum absolute atomic E-state index is 11.4. The molecule has 2 nitrogen and oxygen atoms in total. The van der Waals surface area contributed by atoms with E-state index in [-0.39, 0.29) is 10.8 Å². The predicted molar refractivity (Wildman–Crippen MR) is 79.7 cm³/mol. The van der Waals surface area contributed by atoms with Crippen LogP contribution in [0.4, 0.5) is 0 Å². The molecule has 2 heteroatoms. The molecule has 0 fully saturated rings. The van der Waals surface area contributed by atoms with Crippen LogP contribution in [0.25, 0.3) is 0 Å². The second-order valence-electron chi connectivity index (χ2n) is 6.84. The molecule has 1 aromatic rings. The van der Waals surface area contributed by atoms with Crippen molar-refractivity contribution in [3.05, 3.63) is 42.0 Å². The van der Waals surface area contributed by atoms with Crippen molar-refractivity contribution in [2.24, 2.45) is 0 Å². The Labute approximate surface area is 116 Å². The molecule has 104 valence electrons. The molecule has 0 aliphatic carbocycles. The predicted octanol–water partition coefficient (Wildman–Crippen LogP) is 4.37. The van der Waals surface area contributed by atoms with Crippen LogP contribution in [0.2, 0.25) is 0 Å². The van der Waals surface area contributed by atoms with Crippen LogP contribution in [-0.2, 0) is 15.6 Å². The van der Waals surface area contributed by atoms with Crippen LogP contribution < -0.4 is 4.74 Å². The van der Waals surface area contributed by atoms with Crippen LogP contribution in [0.15, 0.2) is 30.9 Å². The highest BCUT2D eigenvalue weighted by Crippen LogP contribution is 2.35. The van der Waals surface area contributed by atoms with Gasteiger partial charge in [0.25, 0.3) is 0 Å². The van der Waals surface area contributed by atoms with Crippen molar-refractivity contribution in [2.75, 3.05) is 0 Å². The average Bonchev–Trinajstić information content (AvgIpc) is 2.26. The smallest absolute Gasteiger partial charge is 0.335 e. The number of carbonyl (C=O) groups is 1. The van der Waals surface area contributed by atoms with E-state index in [9.17, 15) is 4.79 Å². The Morgan fingerprint density at radius 3 is 2.11 bits per heavy atom. The molecule has 0 aliphatic heterocycles. The highest BCUT2D eigenvalue weighted by molar-refractivity contribution is 5.83. The van der Waals surface area contributed by atoms with Crippen LogP contribution >= 0.6 is 0 Å². The summed E-state index contributed by atoms with van der Waals surface area (Å²) in [4.78, 5) is 11.4. The summed E-state index contributed by atoms with van der Waals surface area (Å²) in [5.41, 5.74) is 2.25. The molecule has 0 N–H and O–H groups in total. The first-order valence-corrected chi connectivity index (χ1v) is 6.55. The Hall–Kier alpha value is -1.57. The Balaban J connectivity index is 3.33. The van der Waals surface area contributed by atoms with E-state index in [1.165, 1.54) is 11.6 Å². The number of hydrogen-bond donors (Lipinski definition) is 0. The van der Waals surface area contributed by atoms with Crippen molar-refractivity contribution >= 4 is 5.97 Å². The lowest BCUT2D eigenvalue weighted by Crippen LogP contribution is -2.18. The molecule has 0 spiro atoms. The van der Waals surface area contributed by atoms with Crippen LogP contribution in [0, 0.1) is 0 Å². The quantitative estimate of drug-likeness (QED) is 0.448. The maximum atomic E-state index is 11.4. The lowest BCUT2D eigenvalue weighted by Gasteiger charge is -2.26. The van der Waals surface area contributed by atoms with E-state index in [0.29, 0.717) is 5.75 Å². The van der Waals surface area contributed by atoms with Gasteiger partial charge in [0.1, 0.15) is 5.75 Å². The number of hydrogen-bond acceptors (Lipinski definition) is 2. The Bertz CT molecular complexity index is 485. The lowest BCUT2D eigenvalue weighted by atomic mass is 9.80. The second kappa shape index (κ2) is 5.20. The van der Waals surface area contributed by atoms with E-state index in [2.05, 4.69) is 54.2 Å². The summed E-state index contributed by atoms with van der Waals surface area (Å²) >= 11 is 0. The highest BCUT2D eigenvalue weighted by Gasteiger charge is 2.23. The van der Waals surface area contributed by atoms with Crippen molar-refractivity contribution < 1.29 is 9.53 Å². The van der Waals surface area contributed by atoms with E-state index < -0.39 is 5.97 Å². The molecule has 0 amide bonds. The van der Waals surface area contributed by atoms with Gasteiger partial charge in [0, 0.05) is 11.6 Å². The Morgan fingerprint density at radius 2 is 1.68 bits per heavy atom. The Kier molecular flexibility index (Phi) is 4.24. The fourth-order valence-electron chi connectivity index (χ4n) is 1.82. The lowest BCUT2D eigenvalue weighted by molar-refractivity contribution is -0.129. The third-order valence-corrected chi connectivity index (χ3v) is 3.03. The molecule has 0 saturated carbocycles. The minimum absolute atomic E-state index is 0.0704. The van der Waals surface area contributed by atoms with Crippen molar-refractivity contribution in [3.8, 4) is 5.75 Å². The molecular weight excluding hydrogens is 236 g/mol. The zero-order valence-corrected chi connectivity index (χ0v) is 12.8. The van der Waals surface area contributed by atoms with Crippen LogP contribution in [0.5, 0.6) is 5.75 Å². The molecule has 0 atom stereocenters. The summed E-state index contributed by atoms with van der Waals surface area (Å²) in [6.07, 6.45) is 1.18. The average molecular weight is 260 g/mol. The molecule has 0 heterocycles. The monoisotopic (exact) mass is 260 g/mol. The summed E-state index contributed by atoms with van der Waals surface area (Å²) in [6.45, 7) is 16.3. The van der Waals surface area contributed by atoms with Gasteiger partial charge in [-0.15, -0.1) is 0 Å². The molecule has 0 aliphatic rings. The molecule has 0 radical (unpaired) electrons.